The zero-order chi connectivity index (χ0) is 40.7. The van der Waals surface area contributed by atoms with Crippen LogP contribution in [0.3, 0.4) is 0 Å². The molecule has 1 unspecified atom stereocenters. The van der Waals surface area contributed by atoms with E-state index < -0.39 is 32.5 Å². The second-order valence-corrected chi connectivity index (χ2v) is 17.9. The van der Waals surface area contributed by atoms with Gasteiger partial charge in [0.15, 0.2) is 6.10 Å². The van der Waals surface area contributed by atoms with Gasteiger partial charge in [0.1, 0.15) is 19.8 Å². The molecule has 0 rings (SSSR count). The van der Waals surface area contributed by atoms with Crippen LogP contribution < -0.4 is 4.89 Å². The molecule has 0 spiro atoms. The van der Waals surface area contributed by atoms with Gasteiger partial charge in [0.05, 0.1) is 27.7 Å². The lowest BCUT2D eigenvalue weighted by Gasteiger charge is -2.28. The fourth-order valence-corrected chi connectivity index (χ4v) is 6.90. The van der Waals surface area contributed by atoms with E-state index >= 15 is 0 Å². The molecule has 0 radical (unpaired) electrons. The predicted octanol–water partition coefficient (Wildman–Crippen LogP) is 12.1. The van der Waals surface area contributed by atoms with Crippen molar-refractivity contribution in [2.24, 2.45) is 0 Å². The van der Waals surface area contributed by atoms with E-state index in [0.717, 1.165) is 51.4 Å². The lowest BCUT2D eigenvalue weighted by atomic mass is 10.0. The van der Waals surface area contributed by atoms with E-state index in [4.69, 9.17) is 18.5 Å². The Labute approximate surface area is 339 Å². The zero-order valence-electron chi connectivity index (χ0n) is 36.4. The van der Waals surface area contributed by atoms with Crippen LogP contribution in [0.25, 0.3) is 0 Å². The van der Waals surface area contributed by atoms with Crippen molar-refractivity contribution in [3.05, 3.63) is 24.3 Å². The second kappa shape index (κ2) is 38.0. The lowest BCUT2D eigenvalue weighted by Crippen LogP contribution is -2.37. The Bertz CT molecular complexity index is 996. The molecule has 0 bridgehead atoms. The van der Waals surface area contributed by atoms with Gasteiger partial charge in [0.2, 0.25) is 0 Å². The van der Waals surface area contributed by atoms with E-state index in [2.05, 4.69) is 38.2 Å². The minimum absolute atomic E-state index is 0.0315. The predicted molar refractivity (Wildman–Crippen MR) is 227 cm³/mol. The Hall–Kier alpha value is -1.51. The average molecular weight is 800 g/mol. The van der Waals surface area contributed by atoms with Crippen molar-refractivity contribution in [2.45, 2.75) is 206 Å². The van der Waals surface area contributed by atoms with Crippen LogP contribution in [0.5, 0.6) is 0 Å². The first-order chi connectivity index (χ1) is 26.5. The van der Waals surface area contributed by atoms with Crippen LogP contribution in [-0.2, 0) is 32.7 Å². The summed E-state index contributed by atoms with van der Waals surface area (Å²) < 4.78 is 33.9. The van der Waals surface area contributed by atoms with Gasteiger partial charge >= 0.3 is 11.9 Å². The van der Waals surface area contributed by atoms with Crippen LogP contribution in [0.15, 0.2) is 24.3 Å². The van der Waals surface area contributed by atoms with Gasteiger partial charge < -0.3 is 27.9 Å². The number of carbonyl (C=O) groups excluding carboxylic acids is 2. The Morgan fingerprint density at radius 2 is 0.964 bits per heavy atom. The molecule has 0 aromatic carbocycles. The van der Waals surface area contributed by atoms with E-state index in [1.54, 1.807) is 0 Å². The third kappa shape index (κ3) is 41.9. The summed E-state index contributed by atoms with van der Waals surface area (Å²) in [6.07, 6.45) is 40.5. The summed E-state index contributed by atoms with van der Waals surface area (Å²) in [5.41, 5.74) is 0. The molecule has 0 saturated heterocycles. The molecule has 0 aromatic rings. The normalized spacial score (nSPS) is 13.8. The number of likely N-dealkylation sites (N-methyl/N-ethyl adjacent to an activating group) is 1. The standard InChI is InChI=1S/C45H86NO8P/c1-6-8-10-12-14-16-18-20-22-24-26-28-30-32-34-36-38-45(48)54-43(42-53-55(49,50)52-40-39-46(3,4)5)41-51-44(47)37-35-33-31-29-27-25-23-21-19-17-15-13-11-9-7-2/h17,19,21,23,43H,6-16,18,20,22,24-42H2,1-5H3/b19-17+,23-21+/t43-/m1/s1. The smallest absolute Gasteiger partial charge is 0.306 e. The summed E-state index contributed by atoms with van der Waals surface area (Å²) in [6, 6.07) is 0. The first-order valence-electron chi connectivity index (χ1n) is 22.6. The third-order valence-electron chi connectivity index (χ3n) is 9.75. The number of hydrogen-bond acceptors (Lipinski definition) is 8. The quantitative estimate of drug-likeness (QED) is 0.0198. The maximum atomic E-state index is 12.7. The summed E-state index contributed by atoms with van der Waals surface area (Å²) in [5.74, 6) is -0.845. The van der Waals surface area contributed by atoms with E-state index in [1.807, 2.05) is 21.1 Å². The number of phosphoric acid groups is 1. The van der Waals surface area contributed by atoms with Crippen molar-refractivity contribution in [2.75, 3.05) is 47.5 Å². The topological polar surface area (TPSA) is 111 Å². The van der Waals surface area contributed by atoms with Gasteiger partial charge in [-0.15, -0.1) is 0 Å². The molecule has 0 saturated carbocycles. The number of carbonyl (C=O) groups is 2. The highest BCUT2D eigenvalue weighted by Crippen LogP contribution is 2.38. The number of rotatable bonds is 41. The Morgan fingerprint density at radius 3 is 1.42 bits per heavy atom. The number of quaternary nitrogens is 1. The molecule has 324 valence electrons. The van der Waals surface area contributed by atoms with Crippen LogP contribution in [-0.4, -0.2) is 70.0 Å². The summed E-state index contributed by atoms with van der Waals surface area (Å²) >= 11 is 0. The minimum atomic E-state index is -4.62. The fraction of sp³-hybridized carbons (Fsp3) is 0.867. The summed E-state index contributed by atoms with van der Waals surface area (Å²) in [6.45, 7) is 4.21. The lowest BCUT2D eigenvalue weighted by molar-refractivity contribution is -0.870. The molecule has 10 heteroatoms. The molecule has 0 amide bonds. The van der Waals surface area contributed by atoms with Gasteiger partial charge in [-0.2, -0.15) is 0 Å². The molecular formula is C45H86NO8P. The van der Waals surface area contributed by atoms with Gasteiger partial charge in [-0.05, 0) is 38.5 Å². The molecule has 0 N–H and O–H groups in total. The van der Waals surface area contributed by atoms with Crippen molar-refractivity contribution in [1.29, 1.82) is 0 Å². The number of phosphoric ester groups is 1. The molecule has 9 nitrogen and oxygen atoms in total. The summed E-state index contributed by atoms with van der Waals surface area (Å²) in [5, 5.41) is 0. The number of ether oxygens (including phenoxy) is 2. The van der Waals surface area contributed by atoms with Crippen molar-refractivity contribution in [1.82, 2.24) is 0 Å². The average Bonchev–Trinajstić information content (AvgIpc) is 3.13. The van der Waals surface area contributed by atoms with Crippen molar-refractivity contribution in [3.8, 4) is 0 Å². The maximum Gasteiger partial charge on any atom is 0.306 e. The Morgan fingerprint density at radius 1 is 0.564 bits per heavy atom. The zero-order valence-corrected chi connectivity index (χ0v) is 37.3. The van der Waals surface area contributed by atoms with Crippen LogP contribution >= 0.6 is 7.82 Å². The molecule has 55 heavy (non-hydrogen) atoms. The fourth-order valence-electron chi connectivity index (χ4n) is 6.18. The summed E-state index contributed by atoms with van der Waals surface area (Å²) in [7, 11) is 1.16. The van der Waals surface area contributed by atoms with Gasteiger partial charge in [-0.25, -0.2) is 0 Å². The molecule has 0 heterocycles. The largest absolute Gasteiger partial charge is 0.756 e. The number of esters is 2. The Balaban J connectivity index is 4.35. The van der Waals surface area contributed by atoms with Gasteiger partial charge in [0, 0.05) is 12.8 Å². The van der Waals surface area contributed by atoms with E-state index in [-0.39, 0.29) is 26.1 Å². The first kappa shape index (κ1) is 53.5. The highest BCUT2D eigenvalue weighted by atomic mass is 31.2. The molecule has 2 atom stereocenters. The van der Waals surface area contributed by atoms with Crippen LogP contribution in [0.1, 0.15) is 200 Å². The Kier molecular flexibility index (Phi) is 37.0. The third-order valence-corrected chi connectivity index (χ3v) is 10.7. The van der Waals surface area contributed by atoms with Gasteiger partial charge in [0.25, 0.3) is 7.82 Å². The molecule has 0 aliphatic rings. The van der Waals surface area contributed by atoms with Crippen LogP contribution in [0, 0.1) is 0 Å². The van der Waals surface area contributed by atoms with Crippen molar-refractivity contribution in [3.63, 3.8) is 0 Å². The molecular weight excluding hydrogens is 713 g/mol. The van der Waals surface area contributed by atoms with E-state index in [0.29, 0.717) is 23.9 Å². The second-order valence-electron chi connectivity index (χ2n) is 16.5. The van der Waals surface area contributed by atoms with Gasteiger partial charge in [-0.3, -0.25) is 14.2 Å². The number of hydrogen-bond donors (Lipinski definition) is 0. The highest BCUT2D eigenvalue weighted by molar-refractivity contribution is 7.45. The molecule has 0 aromatic heterocycles. The van der Waals surface area contributed by atoms with Crippen molar-refractivity contribution >= 4 is 19.8 Å². The van der Waals surface area contributed by atoms with Crippen LogP contribution in [0.4, 0.5) is 0 Å². The minimum Gasteiger partial charge on any atom is -0.756 e. The number of allylic oxidation sites excluding steroid dienone is 4. The molecule has 0 fully saturated rings. The number of unbranched alkanes of at least 4 members (excludes halogenated alkanes) is 24. The molecule has 0 aliphatic carbocycles. The number of nitrogens with zero attached hydrogens (tertiary/aromatic N) is 1. The van der Waals surface area contributed by atoms with Crippen molar-refractivity contribution < 1.29 is 42.1 Å². The first-order valence-corrected chi connectivity index (χ1v) is 24.0. The highest BCUT2D eigenvalue weighted by Gasteiger charge is 2.21. The monoisotopic (exact) mass is 800 g/mol. The maximum absolute atomic E-state index is 12.7. The van der Waals surface area contributed by atoms with Crippen LogP contribution in [0.2, 0.25) is 0 Å². The summed E-state index contributed by atoms with van der Waals surface area (Å²) in [4.78, 5) is 37.5. The van der Waals surface area contributed by atoms with Gasteiger partial charge in [-0.1, -0.05) is 173 Å². The molecule has 0 aliphatic heterocycles. The SMILES string of the molecule is CCCCCC/C=C/C=C/CCCCCCCC(=O)OC[C@H](COP(=O)([O-])OCC[N+](C)(C)C)OC(=O)CCCCCCCCCCCCCCCCCC. The van der Waals surface area contributed by atoms with E-state index in [1.165, 1.54) is 109 Å². The van der Waals surface area contributed by atoms with E-state index in [9.17, 15) is 19.0 Å².